The van der Waals surface area contributed by atoms with Gasteiger partial charge >= 0.3 is 0 Å². The molecule has 1 N–H and O–H groups in total. The van der Waals surface area contributed by atoms with Crippen molar-refractivity contribution in [1.82, 2.24) is 9.97 Å². The van der Waals surface area contributed by atoms with E-state index in [1.807, 2.05) is 0 Å². The van der Waals surface area contributed by atoms with Crippen molar-refractivity contribution in [2.75, 3.05) is 5.32 Å². The van der Waals surface area contributed by atoms with E-state index >= 15 is 0 Å². The second kappa shape index (κ2) is 3.80. The Labute approximate surface area is 90.3 Å². The van der Waals surface area contributed by atoms with Gasteiger partial charge in [-0.3, -0.25) is 0 Å². The van der Waals surface area contributed by atoms with Crippen molar-refractivity contribution in [3.05, 3.63) is 17.6 Å². The fraction of sp³-hybridized carbons (Fsp3) is 0.667. The van der Waals surface area contributed by atoms with Crippen molar-refractivity contribution in [1.29, 1.82) is 0 Å². The van der Waals surface area contributed by atoms with Crippen LogP contribution < -0.4 is 5.32 Å². The van der Waals surface area contributed by atoms with Crippen LogP contribution in [0.15, 0.2) is 6.33 Å². The second-order valence-electron chi connectivity index (χ2n) is 4.63. The highest BCUT2D eigenvalue weighted by molar-refractivity contribution is 5.48. The minimum absolute atomic E-state index is 0.687. The van der Waals surface area contributed by atoms with Gasteiger partial charge in [0.15, 0.2) is 0 Å². The van der Waals surface area contributed by atoms with E-state index in [9.17, 15) is 0 Å². The first-order valence-electron chi connectivity index (χ1n) is 6.03. The predicted molar refractivity (Wildman–Crippen MR) is 59.9 cm³/mol. The summed E-state index contributed by atoms with van der Waals surface area (Å²) < 4.78 is 0. The normalized spacial score (nSPS) is 20.5. The van der Waals surface area contributed by atoms with Gasteiger partial charge in [0.2, 0.25) is 0 Å². The fourth-order valence-corrected chi connectivity index (χ4v) is 2.24. The molecule has 1 aromatic rings. The Hall–Kier alpha value is -1.12. The third kappa shape index (κ3) is 1.96. The smallest absolute Gasteiger partial charge is 0.133 e. The number of hydrogen-bond acceptors (Lipinski definition) is 3. The van der Waals surface area contributed by atoms with Crippen LogP contribution in [-0.4, -0.2) is 16.0 Å². The van der Waals surface area contributed by atoms with E-state index < -0.39 is 0 Å². The van der Waals surface area contributed by atoms with Crippen molar-refractivity contribution in [2.45, 2.75) is 51.0 Å². The van der Waals surface area contributed by atoms with Crippen LogP contribution in [0.1, 0.15) is 43.4 Å². The maximum Gasteiger partial charge on any atom is 0.133 e. The maximum absolute atomic E-state index is 4.42. The molecule has 15 heavy (non-hydrogen) atoms. The number of nitrogens with one attached hydrogen (secondary N) is 1. The van der Waals surface area contributed by atoms with Crippen LogP contribution in [-0.2, 0) is 12.8 Å². The molecule has 1 saturated carbocycles. The van der Waals surface area contributed by atoms with Gasteiger partial charge in [0.05, 0.1) is 0 Å². The molecule has 1 heterocycles. The van der Waals surface area contributed by atoms with E-state index in [1.54, 1.807) is 6.33 Å². The van der Waals surface area contributed by atoms with E-state index in [1.165, 1.54) is 43.4 Å². The molecule has 0 aromatic carbocycles. The average molecular weight is 203 g/mol. The number of rotatable bonds is 2. The minimum Gasteiger partial charge on any atom is -0.367 e. The molecule has 3 rings (SSSR count). The molecule has 80 valence electrons. The molecule has 3 nitrogen and oxygen atoms in total. The number of anilines is 1. The van der Waals surface area contributed by atoms with E-state index in [2.05, 4.69) is 15.3 Å². The van der Waals surface area contributed by atoms with Gasteiger partial charge in [-0.15, -0.1) is 0 Å². The lowest BCUT2D eigenvalue weighted by Gasteiger charge is -2.11. The SMILES string of the molecule is c1nc2c(c(NC3CC3)n1)CCCCC2. The summed E-state index contributed by atoms with van der Waals surface area (Å²) in [7, 11) is 0. The zero-order valence-electron chi connectivity index (χ0n) is 9.00. The summed E-state index contributed by atoms with van der Waals surface area (Å²) in [6.07, 6.45) is 10.5. The largest absolute Gasteiger partial charge is 0.367 e. The van der Waals surface area contributed by atoms with E-state index in [4.69, 9.17) is 0 Å². The van der Waals surface area contributed by atoms with Gasteiger partial charge in [0.25, 0.3) is 0 Å². The van der Waals surface area contributed by atoms with Crippen LogP contribution in [0.5, 0.6) is 0 Å². The van der Waals surface area contributed by atoms with Crippen LogP contribution in [0.2, 0.25) is 0 Å². The standard InChI is InChI=1S/C12H17N3/c1-2-4-10-11(5-3-1)13-8-14-12(10)15-9-6-7-9/h8-9H,1-7H2,(H,13,14,15). The van der Waals surface area contributed by atoms with Crippen LogP contribution >= 0.6 is 0 Å². The Kier molecular flexibility index (Phi) is 2.31. The number of aryl methyl sites for hydroxylation is 1. The highest BCUT2D eigenvalue weighted by Gasteiger charge is 2.23. The van der Waals surface area contributed by atoms with Crippen LogP contribution in [0.25, 0.3) is 0 Å². The Morgan fingerprint density at radius 2 is 1.93 bits per heavy atom. The van der Waals surface area contributed by atoms with Gasteiger partial charge in [-0.05, 0) is 38.5 Å². The van der Waals surface area contributed by atoms with E-state index in [-0.39, 0.29) is 0 Å². The molecule has 0 atom stereocenters. The van der Waals surface area contributed by atoms with Crippen molar-refractivity contribution < 1.29 is 0 Å². The molecule has 0 radical (unpaired) electrons. The number of nitrogens with zero attached hydrogens (tertiary/aromatic N) is 2. The predicted octanol–water partition coefficient (Wildman–Crippen LogP) is 2.32. The topological polar surface area (TPSA) is 37.8 Å². The summed E-state index contributed by atoms with van der Waals surface area (Å²) in [6.45, 7) is 0. The summed E-state index contributed by atoms with van der Waals surface area (Å²) >= 11 is 0. The molecule has 0 saturated heterocycles. The lowest BCUT2D eigenvalue weighted by atomic mass is 10.1. The number of aromatic nitrogens is 2. The maximum atomic E-state index is 4.42. The molecule has 2 aliphatic carbocycles. The van der Waals surface area contributed by atoms with Crippen LogP contribution in [0, 0.1) is 0 Å². The summed E-state index contributed by atoms with van der Waals surface area (Å²) in [6, 6.07) is 0.687. The molecule has 0 amide bonds. The summed E-state index contributed by atoms with van der Waals surface area (Å²) in [5, 5.41) is 3.52. The van der Waals surface area contributed by atoms with Crippen molar-refractivity contribution in [2.24, 2.45) is 0 Å². The molecule has 1 fully saturated rings. The van der Waals surface area contributed by atoms with Gasteiger partial charge in [0.1, 0.15) is 12.1 Å². The van der Waals surface area contributed by atoms with Gasteiger partial charge in [-0.25, -0.2) is 9.97 Å². The monoisotopic (exact) mass is 203 g/mol. The quantitative estimate of drug-likeness (QED) is 0.750. The molecular formula is C12H17N3. The Balaban J connectivity index is 1.91. The molecular weight excluding hydrogens is 186 g/mol. The van der Waals surface area contributed by atoms with Crippen molar-refractivity contribution >= 4 is 5.82 Å². The summed E-state index contributed by atoms with van der Waals surface area (Å²) in [5.74, 6) is 1.12. The molecule has 0 spiro atoms. The molecule has 0 bridgehead atoms. The first-order valence-corrected chi connectivity index (χ1v) is 6.03. The average Bonchev–Trinajstić information content (AvgIpc) is 3.03. The first kappa shape index (κ1) is 9.13. The zero-order chi connectivity index (χ0) is 10.1. The second-order valence-corrected chi connectivity index (χ2v) is 4.63. The first-order chi connectivity index (χ1) is 7.43. The molecule has 2 aliphatic rings. The van der Waals surface area contributed by atoms with Gasteiger partial charge < -0.3 is 5.32 Å². The highest BCUT2D eigenvalue weighted by Crippen LogP contribution is 2.28. The van der Waals surface area contributed by atoms with Gasteiger partial charge in [0, 0.05) is 17.3 Å². The third-order valence-electron chi connectivity index (χ3n) is 3.29. The van der Waals surface area contributed by atoms with E-state index in [0.717, 1.165) is 18.7 Å². The van der Waals surface area contributed by atoms with E-state index in [0.29, 0.717) is 6.04 Å². The molecule has 0 aliphatic heterocycles. The lowest BCUT2D eigenvalue weighted by molar-refractivity contribution is 0.708. The summed E-state index contributed by atoms with van der Waals surface area (Å²) in [5.41, 5.74) is 2.67. The van der Waals surface area contributed by atoms with Crippen LogP contribution in [0.4, 0.5) is 5.82 Å². The third-order valence-corrected chi connectivity index (χ3v) is 3.29. The Bertz CT molecular complexity index is 358. The molecule has 0 unspecified atom stereocenters. The van der Waals surface area contributed by atoms with Crippen molar-refractivity contribution in [3.8, 4) is 0 Å². The summed E-state index contributed by atoms with van der Waals surface area (Å²) in [4.78, 5) is 8.81. The fourth-order valence-electron chi connectivity index (χ4n) is 2.24. The zero-order valence-corrected chi connectivity index (χ0v) is 9.00. The van der Waals surface area contributed by atoms with Gasteiger partial charge in [-0.1, -0.05) is 6.42 Å². The number of hydrogen-bond donors (Lipinski definition) is 1. The van der Waals surface area contributed by atoms with Crippen molar-refractivity contribution in [3.63, 3.8) is 0 Å². The highest BCUT2D eigenvalue weighted by atomic mass is 15.1. The van der Waals surface area contributed by atoms with Gasteiger partial charge in [-0.2, -0.15) is 0 Å². The van der Waals surface area contributed by atoms with Crippen LogP contribution in [0.3, 0.4) is 0 Å². The minimum atomic E-state index is 0.687. The Morgan fingerprint density at radius 1 is 1.07 bits per heavy atom. The number of fused-ring (bicyclic) bond motifs is 1. The Morgan fingerprint density at radius 3 is 2.80 bits per heavy atom. The molecule has 3 heteroatoms. The lowest BCUT2D eigenvalue weighted by Crippen LogP contribution is -2.09. The molecule has 1 aromatic heterocycles.